The van der Waals surface area contributed by atoms with Crippen LogP contribution in [-0.4, -0.2) is 70.1 Å². The molecule has 1 amide bonds. The number of hydrazine groups is 1. The number of ether oxygens (including phenoxy) is 2. The smallest absolute Gasteiger partial charge is 0.293 e. The first kappa shape index (κ1) is 36.9. The van der Waals surface area contributed by atoms with E-state index in [9.17, 15) is 14.7 Å². The van der Waals surface area contributed by atoms with Gasteiger partial charge >= 0.3 is 0 Å². The molecule has 272 valence electrons. The zero-order valence-electron chi connectivity index (χ0n) is 30.4. The summed E-state index contributed by atoms with van der Waals surface area (Å²) in [5, 5.41) is 14.4. The van der Waals surface area contributed by atoms with E-state index in [0.717, 1.165) is 88.9 Å². The van der Waals surface area contributed by atoms with Gasteiger partial charge in [-0.05, 0) is 111 Å². The lowest BCUT2D eigenvalue weighted by molar-refractivity contribution is -0.137. The summed E-state index contributed by atoms with van der Waals surface area (Å²) in [5.41, 5.74) is 10.8. The van der Waals surface area contributed by atoms with E-state index in [1.165, 1.54) is 0 Å². The van der Waals surface area contributed by atoms with Gasteiger partial charge < -0.3 is 19.1 Å². The second-order valence-electron chi connectivity index (χ2n) is 14.6. The van der Waals surface area contributed by atoms with E-state index in [-0.39, 0.29) is 29.8 Å². The van der Waals surface area contributed by atoms with Crippen LogP contribution in [0.3, 0.4) is 0 Å². The average molecular weight is 714 g/mol. The maximum atomic E-state index is 13.7. The van der Waals surface area contributed by atoms with Crippen LogP contribution in [0, 0.1) is 5.41 Å². The van der Waals surface area contributed by atoms with E-state index in [0.29, 0.717) is 31.1 Å². The molecular formula is C40H51N5O5S. The van der Waals surface area contributed by atoms with Crippen molar-refractivity contribution in [3.63, 3.8) is 0 Å². The summed E-state index contributed by atoms with van der Waals surface area (Å²) in [6, 6.07) is 15.7. The molecule has 2 fully saturated rings. The van der Waals surface area contributed by atoms with Crippen molar-refractivity contribution in [2.24, 2.45) is 5.41 Å². The predicted molar refractivity (Wildman–Crippen MR) is 203 cm³/mol. The highest BCUT2D eigenvalue weighted by atomic mass is 32.2. The molecule has 1 aliphatic carbocycles. The quantitative estimate of drug-likeness (QED) is 0.0835. The normalized spacial score (nSPS) is 16.3. The molecule has 0 bridgehead atoms. The van der Waals surface area contributed by atoms with Gasteiger partial charge in [0, 0.05) is 60.1 Å². The third-order valence-electron chi connectivity index (χ3n) is 9.84. The lowest BCUT2D eigenvalue weighted by Gasteiger charge is -2.31. The van der Waals surface area contributed by atoms with E-state index in [1.807, 2.05) is 13.0 Å². The summed E-state index contributed by atoms with van der Waals surface area (Å²) >= 11 is 1.66. The highest BCUT2D eigenvalue weighted by Gasteiger charge is 2.31. The molecule has 1 aliphatic heterocycles. The fraction of sp³-hybridized carbons (Fsp3) is 0.475. The number of methoxy groups -OCH3 is 1. The largest absolute Gasteiger partial charge is 0.508 e. The molecule has 51 heavy (non-hydrogen) atoms. The molecule has 3 heterocycles. The van der Waals surface area contributed by atoms with Crippen LogP contribution in [0.25, 0.3) is 33.3 Å². The van der Waals surface area contributed by atoms with Crippen molar-refractivity contribution in [2.75, 3.05) is 26.8 Å². The van der Waals surface area contributed by atoms with Gasteiger partial charge in [0.2, 0.25) is 0 Å². The number of carbonyl (C=O) groups excluding carboxylic acids is 2. The van der Waals surface area contributed by atoms with Crippen molar-refractivity contribution in [1.29, 1.82) is 0 Å². The highest BCUT2D eigenvalue weighted by Crippen LogP contribution is 2.42. The number of hydrogen-bond acceptors (Lipinski definition) is 9. The molecule has 4 aromatic rings. The summed E-state index contributed by atoms with van der Waals surface area (Å²) < 4.78 is 16.9. The minimum Gasteiger partial charge on any atom is -0.508 e. The number of rotatable bonds is 16. The molecule has 2 atom stereocenters. The van der Waals surface area contributed by atoms with Crippen LogP contribution >= 0.6 is 11.9 Å². The lowest BCUT2D eigenvalue weighted by Crippen LogP contribution is -2.54. The second kappa shape index (κ2) is 16.2. The van der Waals surface area contributed by atoms with E-state index in [4.69, 9.17) is 14.5 Å². The molecule has 2 aromatic carbocycles. The monoisotopic (exact) mass is 713 g/mol. The topological polar surface area (TPSA) is 118 Å². The average Bonchev–Trinajstić information content (AvgIpc) is 3.93. The molecule has 2 unspecified atom stereocenters. The Bertz CT molecular complexity index is 1850. The summed E-state index contributed by atoms with van der Waals surface area (Å²) in [5.74, 6) is 0.193. The first-order chi connectivity index (χ1) is 24.6. The highest BCUT2D eigenvalue weighted by molar-refractivity contribution is 7.98. The fourth-order valence-corrected chi connectivity index (χ4v) is 7.98. The van der Waals surface area contributed by atoms with Gasteiger partial charge in [0.25, 0.3) is 12.4 Å². The summed E-state index contributed by atoms with van der Waals surface area (Å²) in [6.07, 6.45) is 7.05. The van der Waals surface area contributed by atoms with E-state index >= 15 is 0 Å². The van der Waals surface area contributed by atoms with Crippen LogP contribution in [0.5, 0.6) is 5.75 Å². The van der Waals surface area contributed by atoms with Crippen molar-refractivity contribution in [1.82, 2.24) is 24.7 Å². The Morgan fingerprint density at radius 1 is 1.18 bits per heavy atom. The van der Waals surface area contributed by atoms with Crippen LogP contribution in [0.4, 0.5) is 0 Å². The van der Waals surface area contributed by atoms with Gasteiger partial charge in [0.1, 0.15) is 11.8 Å². The van der Waals surface area contributed by atoms with Crippen LogP contribution in [0.2, 0.25) is 0 Å². The number of aromatic nitrogens is 2. The number of carbonyl (C=O) groups is 2. The molecule has 1 saturated heterocycles. The van der Waals surface area contributed by atoms with E-state index in [2.05, 4.69) is 65.8 Å². The number of benzene rings is 2. The van der Waals surface area contributed by atoms with Crippen molar-refractivity contribution in [3.8, 4) is 28.1 Å². The zero-order chi connectivity index (χ0) is 36.1. The molecule has 2 aliphatic rings. The number of aromatic hydroxyl groups is 1. The predicted octanol–water partition coefficient (Wildman–Crippen LogP) is 6.98. The third-order valence-corrected chi connectivity index (χ3v) is 11.1. The molecule has 1 saturated carbocycles. The third kappa shape index (κ3) is 8.60. The van der Waals surface area contributed by atoms with Crippen LogP contribution < -0.4 is 10.1 Å². The molecule has 3 N–H and O–H groups in total. The maximum Gasteiger partial charge on any atom is 0.293 e. The van der Waals surface area contributed by atoms with E-state index in [1.54, 1.807) is 42.4 Å². The van der Waals surface area contributed by atoms with E-state index < -0.39 is 6.04 Å². The number of pyridine rings is 1. The van der Waals surface area contributed by atoms with Crippen LogP contribution in [0.1, 0.15) is 76.3 Å². The van der Waals surface area contributed by atoms with Gasteiger partial charge in [-0.3, -0.25) is 24.3 Å². The molecule has 11 heteroatoms. The Labute approximate surface area is 305 Å². The Balaban J connectivity index is 1.43. The minimum absolute atomic E-state index is 0.0333. The molecule has 6 rings (SSSR count). The van der Waals surface area contributed by atoms with Crippen LogP contribution in [-0.2, 0) is 38.4 Å². The number of amides is 1. The Morgan fingerprint density at radius 3 is 2.71 bits per heavy atom. The number of aryl methyl sites for hydroxylation is 1. The molecule has 2 aromatic heterocycles. The van der Waals surface area contributed by atoms with Gasteiger partial charge in [-0.2, -0.15) is 0 Å². The summed E-state index contributed by atoms with van der Waals surface area (Å²) in [4.78, 5) is 29.7. The number of nitrogens with one attached hydrogen (secondary N) is 2. The molecular weight excluding hydrogens is 663 g/mol. The summed E-state index contributed by atoms with van der Waals surface area (Å²) in [6.45, 7) is 11.4. The first-order valence-corrected chi connectivity index (χ1v) is 19.0. The number of nitrogens with zero attached hydrogens (tertiary/aromatic N) is 3. The minimum atomic E-state index is -0.426. The lowest BCUT2D eigenvalue weighted by atomic mass is 9.84. The van der Waals surface area contributed by atoms with Gasteiger partial charge in [-0.25, -0.2) is 5.43 Å². The standard InChI is InChI=1S/C40H51N5O5S/c1-6-44-36-14-11-28(22-33(36)34(23-40(3,4)24-50-25-46)38(44)32-10-9-15-41-37(32)26(2)49-5)29-18-27(19-30(47)21-29)20-35(43-51-31-12-13-31)39(48)45-17-8-7-16-42-45/h9-11,14-15,18-19,21-22,25-26,31,35,42-43,47H,6-8,12-13,16-17,20,23-24H2,1-5H3. The number of phenols is 1. The SMILES string of the molecule is CCn1c(-c2cccnc2C(C)OC)c(CC(C)(C)COC=O)c2cc(-c3cc(O)cc(CC(NSC4CC4)C(=O)N4CCCCN4)c3)ccc21. The van der Waals surface area contributed by atoms with Crippen molar-refractivity contribution in [2.45, 2.75) is 90.2 Å². The second-order valence-corrected chi connectivity index (χ2v) is 15.7. The number of hydrogen-bond donors (Lipinski definition) is 3. The van der Waals surface area contributed by atoms with Gasteiger partial charge in [0.05, 0.1) is 24.1 Å². The van der Waals surface area contributed by atoms with Crippen molar-refractivity contribution >= 4 is 35.2 Å². The summed E-state index contributed by atoms with van der Waals surface area (Å²) in [7, 11) is 1.69. The molecule has 10 nitrogen and oxygen atoms in total. The number of phenolic OH excluding ortho intramolecular Hbond substituents is 1. The number of fused-ring (bicyclic) bond motifs is 1. The zero-order valence-corrected chi connectivity index (χ0v) is 31.2. The first-order valence-electron chi connectivity index (χ1n) is 18.1. The molecule has 0 radical (unpaired) electrons. The van der Waals surface area contributed by atoms with Gasteiger partial charge in [0.15, 0.2) is 0 Å². The van der Waals surface area contributed by atoms with Crippen LogP contribution in [0.15, 0.2) is 54.7 Å². The van der Waals surface area contributed by atoms with Gasteiger partial charge in [-0.1, -0.05) is 37.9 Å². The van der Waals surface area contributed by atoms with Crippen molar-refractivity contribution < 1.29 is 24.2 Å². The Hall–Kier alpha value is -3.90. The maximum absolute atomic E-state index is 13.7. The van der Waals surface area contributed by atoms with Crippen molar-refractivity contribution in [3.05, 3.63) is 71.5 Å². The molecule has 0 spiro atoms. The fourth-order valence-electron chi connectivity index (χ4n) is 7.06. The Morgan fingerprint density at radius 2 is 2.00 bits per heavy atom. The van der Waals surface area contributed by atoms with Gasteiger partial charge in [-0.15, -0.1) is 0 Å². The Kier molecular flexibility index (Phi) is 11.7.